The molecule has 80 valence electrons. The van der Waals surface area contributed by atoms with Crippen LogP contribution in [-0.2, 0) is 0 Å². The van der Waals surface area contributed by atoms with Crippen molar-refractivity contribution in [3.63, 3.8) is 0 Å². The summed E-state index contributed by atoms with van der Waals surface area (Å²) in [5.74, 6) is -0.285. The van der Waals surface area contributed by atoms with E-state index in [1.54, 1.807) is 19.1 Å². The molecule has 0 bridgehead atoms. The highest BCUT2D eigenvalue weighted by Crippen LogP contribution is 2.20. The first kappa shape index (κ1) is 13.3. The first-order valence-corrected chi connectivity index (χ1v) is 4.23. The van der Waals surface area contributed by atoms with E-state index in [1.807, 2.05) is 0 Å². The van der Waals surface area contributed by atoms with Crippen molar-refractivity contribution < 1.29 is 8.78 Å². The lowest BCUT2D eigenvalue weighted by atomic mass is 10.00. The van der Waals surface area contributed by atoms with Gasteiger partial charge < -0.3 is 5.73 Å². The van der Waals surface area contributed by atoms with Gasteiger partial charge in [-0.15, -0.1) is 12.4 Å². The Labute approximate surface area is 88.7 Å². The van der Waals surface area contributed by atoms with Crippen LogP contribution in [0.4, 0.5) is 8.78 Å². The molecule has 0 aliphatic carbocycles. The second-order valence-corrected chi connectivity index (χ2v) is 3.04. The van der Waals surface area contributed by atoms with Crippen molar-refractivity contribution in [2.45, 2.75) is 19.4 Å². The van der Waals surface area contributed by atoms with E-state index in [4.69, 9.17) is 5.73 Å². The lowest BCUT2D eigenvalue weighted by Crippen LogP contribution is -2.13. The summed E-state index contributed by atoms with van der Waals surface area (Å²) in [5, 5.41) is 0. The van der Waals surface area contributed by atoms with E-state index in [0.29, 0.717) is 11.1 Å². The van der Waals surface area contributed by atoms with E-state index < -0.39 is 12.7 Å². The summed E-state index contributed by atoms with van der Waals surface area (Å²) in [5.41, 5.74) is 6.88. The molecular weight excluding hydrogens is 208 g/mol. The Morgan fingerprint density at radius 1 is 1.43 bits per heavy atom. The molecule has 0 heterocycles. The predicted octanol–water partition coefficient (Wildman–Crippen LogP) is 2.92. The number of benzene rings is 1. The molecule has 4 heteroatoms. The van der Waals surface area contributed by atoms with Crippen LogP contribution in [0.1, 0.15) is 23.6 Å². The normalized spacial score (nSPS) is 12.0. The molecule has 0 saturated carbocycles. The third kappa shape index (κ3) is 2.93. The minimum Gasteiger partial charge on any atom is -0.324 e. The molecule has 2 N–H and O–H groups in total. The Bertz CT molecular complexity index is 291. The Kier molecular flexibility index (Phi) is 5.65. The van der Waals surface area contributed by atoms with Crippen molar-refractivity contribution >= 4 is 12.4 Å². The quantitative estimate of drug-likeness (QED) is 0.835. The lowest BCUT2D eigenvalue weighted by Gasteiger charge is -2.12. The highest BCUT2D eigenvalue weighted by Gasteiger charge is 2.10. The maximum atomic E-state index is 13.0. The molecule has 0 aliphatic heterocycles. The fourth-order valence-electron chi connectivity index (χ4n) is 1.30. The van der Waals surface area contributed by atoms with Gasteiger partial charge >= 0.3 is 0 Å². The van der Waals surface area contributed by atoms with Crippen LogP contribution in [0, 0.1) is 12.7 Å². The second kappa shape index (κ2) is 5.94. The summed E-state index contributed by atoms with van der Waals surface area (Å²) in [4.78, 5) is 0. The minimum absolute atomic E-state index is 0. The Morgan fingerprint density at radius 2 is 2.07 bits per heavy atom. The molecule has 0 aromatic heterocycles. The van der Waals surface area contributed by atoms with Crippen molar-refractivity contribution in [1.29, 1.82) is 0 Å². The van der Waals surface area contributed by atoms with Crippen LogP contribution in [0.25, 0.3) is 0 Å². The van der Waals surface area contributed by atoms with Crippen molar-refractivity contribution in [2.75, 3.05) is 6.67 Å². The van der Waals surface area contributed by atoms with E-state index >= 15 is 0 Å². The zero-order chi connectivity index (χ0) is 9.84. The zero-order valence-corrected chi connectivity index (χ0v) is 8.78. The van der Waals surface area contributed by atoms with Gasteiger partial charge in [-0.05, 0) is 30.5 Å². The van der Waals surface area contributed by atoms with Crippen LogP contribution in [0.2, 0.25) is 0 Å². The molecule has 0 spiro atoms. The van der Waals surface area contributed by atoms with Crippen LogP contribution in [0.3, 0.4) is 0 Å². The molecule has 1 nitrogen and oxygen atoms in total. The third-order valence-corrected chi connectivity index (χ3v) is 2.13. The number of nitrogens with two attached hydrogens (primary N) is 1. The monoisotopic (exact) mass is 221 g/mol. The van der Waals surface area contributed by atoms with Gasteiger partial charge in [0.25, 0.3) is 0 Å². The maximum Gasteiger partial charge on any atom is 0.126 e. The number of alkyl halides is 1. The van der Waals surface area contributed by atoms with E-state index in [9.17, 15) is 8.78 Å². The Morgan fingerprint density at radius 3 is 2.64 bits per heavy atom. The number of hydrogen-bond donors (Lipinski definition) is 1. The highest BCUT2D eigenvalue weighted by atomic mass is 35.5. The SMILES string of the molecule is Cc1c(F)cccc1[C@H](N)CCF.Cl. The molecule has 1 aromatic rings. The van der Waals surface area contributed by atoms with Gasteiger partial charge in [0.2, 0.25) is 0 Å². The summed E-state index contributed by atoms with van der Waals surface area (Å²) in [6.07, 6.45) is 0.240. The van der Waals surface area contributed by atoms with Crippen LogP contribution in [0.5, 0.6) is 0 Å². The predicted molar refractivity (Wildman–Crippen MR) is 55.9 cm³/mol. The highest BCUT2D eigenvalue weighted by molar-refractivity contribution is 5.85. The maximum absolute atomic E-state index is 13.0. The Hall–Kier alpha value is -0.670. The first-order chi connectivity index (χ1) is 6.16. The molecule has 0 amide bonds. The van der Waals surface area contributed by atoms with Crippen molar-refractivity contribution in [3.05, 3.63) is 35.1 Å². The molecule has 0 fully saturated rings. The number of rotatable bonds is 3. The number of halogens is 3. The zero-order valence-electron chi connectivity index (χ0n) is 7.97. The summed E-state index contributed by atoms with van der Waals surface area (Å²) in [6.45, 7) is 1.18. The summed E-state index contributed by atoms with van der Waals surface area (Å²) in [6, 6.07) is 4.30. The van der Waals surface area contributed by atoms with E-state index in [-0.39, 0.29) is 24.6 Å². The lowest BCUT2D eigenvalue weighted by molar-refractivity contribution is 0.440. The third-order valence-electron chi connectivity index (χ3n) is 2.13. The van der Waals surface area contributed by atoms with E-state index in [1.165, 1.54) is 6.07 Å². The topological polar surface area (TPSA) is 26.0 Å². The molecular formula is C10H14ClF2N. The van der Waals surface area contributed by atoms with E-state index in [2.05, 4.69) is 0 Å². The molecule has 1 atom stereocenters. The molecule has 1 aromatic carbocycles. The van der Waals surface area contributed by atoms with Gasteiger partial charge in [-0.3, -0.25) is 4.39 Å². The van der Waals surface area contributed by atoms with Gasteiger partial charge in [0.05, 0.1) is 6.67 Å². The standard InChI is InChI=1S/C10H13F2N.ClH/c1-7-8(10(13)5-6-11)3-2-4-9(7)12;/h2-4,10H,5-6,13H2,1H3;1H/t10-;/m1./s1. The van der Waals surface area contributed by atoms with Gasteiger partial charge in [0, 0.05) is 6.04 Å². The summed E-state index contributed by atoms with van der Waals surface area (Å²) < 4.78 is 25.0. The average molecular weight is 222 g/mol. The van der Waals surface area contributed by atoms with Crippen LogP contribution >= 0.6 is 12.4 Å². The van der Waals surface area contributed by atoms with Crippen molar-refractivity contribution in [1.82, 2.24) is 0 Å². The fraction of sp³-hybridized carbons (Fsp3) is 0.400. The summed E-state index contributed by atoms with van der Waals surface area (Å²) in [7, 11) is 0. The largest absolute Gasteiger partial charge is 0.324 e. The molecule has 0 aliphatic rings. The van der Waals surface area contributed by atoms with Crippen molar-refractivity contribution in [2.24, 2.45) is 5.73 Å². The minimum atomic E-state index is -0.475. The van der Waals surface area contributed by atoms with E-state index in [0.717, 1.165) is 0 Å². The van der Waals surface area contributed by atoms with Gasteiger partial charge in [-0.25, -0.2) is 4.39 Å². The molecule has 0 unspecified atom stereocenters. The molecule has 0 saturated heterocycles. The second-order valence-electron chi connectivity index (χ2n) is 3.04. The van der Waals surface area contributed by atoms with Gasteiger partial charge in [-0.2, -0.15) is 0 Å². The van der Waals surface area contributed by atoms with Gasteiger partial charge in [-0.1, -0.05) is 12.1 Å². The van der Waals surface area contributed by atoms with Crippen LogP contribution in [-0.4, -0.2) is 6.67 Å². The van der Waals surface area contributed by atoms with Crippen LogP contribution < -0.4 is 5.73 Å². The number of hydrogen-bond acceptors (Lipinski definition) is 1. The fourth-order valence-corrected chi connectivity index (χ4v) is 1.30. The van der Waals surface area contributed by atoms with Gasteiger partial charge in [0.1, 0.15) is 5.82 Å². The molecule has 14 heavy (non-hydrogen) atoms. The van der Waals surface area contributed by atoms with Gasteiger partial charge in [0.15, 0.2) is 0 Å². The summed E-state index contributed by atoms with van der Waals surface area (Å²) >= 11 is 0. The molecule has 1 rings (SSSR count). The molecule has 0 radical (unpaired) electrons. The average Bonchev–Trinajstić information content (AvgIpc) is 2.10. The van der Waals surface area contributed by atoms with Crippen LogP contribution in [0.15, 0.2) is 18.2 Å². The Balaban J connectivity index is 0.00000169. The van der Waals surface area contributed by atoms with Crippen molar-refractivity contribution in [3.8, 4) is 0 Å². The first-order valence-electron chi connectivity index (χ1n) is 4.23. The smallest absolute Gasteiger partial charge is 0.126 e.